The summed E-state index contributed by atoms with van der Waals surface area (Å²) in [5.74, 6) is -2.44. The number of aromatic nitrogens is 1. The molecule has 13 heteroatoms. The molecule has 0 atom stereocenters. The van der Waals surface area contributed by atoms with Gasteiger partial charge in [-0.25, -0.2) is 4.39 Å². The number of pyridine rings is 1. The zero-order valence-electron chi connectivity index (χ0n) is 21.2. The standard InChI is InChI=1S/C26H25F4N5O3S/c1-25(2)23(37)34(19-9-6-16(14-31)21(22(19)27)26(28,29)30)24(39)35(25)18-8-7-17(32-15-18)4-3-5-20(36)33-10-12-38-13-11-33/h6-9,15H,3-5,10-13H2,1-2H3. The number of thiocarbonyl (C=S) groups is 1. The fourth-order valence-electron chi connectivity index (χ4n) is 4.64. The van der Waals surface area contributed by atoms with Crippen LogP contribution in [0.2, 0.25) is 0 Å². The van der Waals surface area contributed by atoms with Gasteiger partial charge in [0.25, 0.3) is 5.91 Å². The fraction of sp³-hybridized carbons (Fsp3) is 0.423. The van der Waals surface area contributed by atoms with E-state index in [1.165, 1.54) is 31.0 Å². The molecule has 1 aromatic heterocycles. The molecule has 2 aliphatic rings. The van der Waals surface area contributed by atoms with Gasteiger partial charge in [-0.3, -0.25) is 19.5 Å². The van der Waals surface area contributed by atoms with Gasteiger partial charge in [-0.1, -0.05) is 0 Å². The summed E-state index contributed by atoms with van der Waals surface area (Å²) < 4.78 is 61.0. The van der Waals surface area contributed by atoms with Crippen LogP contribution < -0.4 is 9.80 Å². The first-order valence-electron chi connectivity index (χ1n) is 12.2. The third-order valence-corrected chi connectivity index (χ3v) is 7.05. The topological polar surface area (TPSA) is 89.8 Å². The molecule has 206 valence electrons. The van der Waals surface area contributed by atoms with Gasteiger partial charge in [-0.2, -0.15) is 18.4 Å². The van der Waals surface area contributed by atoms with Gasteiger partial charge in [0, 0.05) is 25.2 Å². The number of rotatable bonds is 6. The summed E-state index contributed by atoms with van der Waals surface area (Å²) in [5, 5.41) is 8.81. The SMILES string of the molecule is CC1(C)C(=O)N(c2ccc(C#N)c(C(F)(F)F)c2F)C(=S)N1c1ccc(CCCC(=O)N2CCOCC2)nc1. The van der Waals surface area contributed by atoms with Crippen LogP contribution in [-0.2, 0) is 26.9 Å². The van der Waals surface area contributed by atoms with Crippen LogP contribution in [0.3, 0.4) is 0 Å². The average molecular weight is 564 g/mol. The Kier molecular flexibility index (Phi) is 7.90. The van der Waals surface area contributed by atoms with Crippen molar-refractivity contribution in [1.29, 1.82) is 5.26 Å². The highest BCUT2D eigenvalue weighted by Crippen LogP contribution is 2.41. The maximum absolute atomic E-state index is 15.2. The fourth-order valence-corrected chi connectivity index (χ4v) is 5.15. The number of hydrogen-bond donors (Lipinski definition) is 0. The Hall–Kier alpha value is -3.63. The van der Waals surface area contributed by atoms with E-state index in [9.17, 15) is 22.8 Å². The van der Waals surface area contributed by atoms with Crippen LogP contribution in [0, 0.1) is 17.1 Å². The number of halogens is 4. The van der Waals surface area contributed by atoms with Crippen molar-refractivity contribution in [3.63, 3.8) is 0 Å². The van der Waals surface area contributed by atoms with Gasteiger partial charge in [0.1, 0.15) is 11.1 Å². The summed E-state index contributed by atoms with van der Waals surface area (Å²) in [6, 6.07) is 6.46. The molecule has 0 unspecified atom stereocenters. The molecule has 2 fully saturated rings. The van der Waals surface area contributed by atoms with E-state index in [0.29, 0.717) is 61.8 Å². The van der Waals surface area contributed by atoms with Crippen LogP contribution in [-0.4, -0.2) is 58.7 Å². The predicted octanol–water partition coefficient (Wildman–Crippen LogP) is 4.21. The van der Waals surface area contributed by atoms with Gasteiger partial charge in [0.15, 0.2) is 10.9 Å². The van der Waals surface area contributed by atoms with Crippen LogP contribution in [0.4, 0.5) is 28.9 Å². The summed E-state index contributed by atoms with van der Waals surface area (Å²) in [6.07, 6.45) is -2.20. The number of nitriles is 1. The zero-order valence-corrected chi connectivity index (χ0v) is 22.0. The Balaban J connectivity index is 1.53. The molecule has 2 aromatic rings. The largest absolute Gasteiger partial charge is 0.420 e. The summed E-state index contributed by atoms with van der Waals surface area (Å²) in [4.78, 5) is 33.9. The predicted molar refractivity (Wildman–Crippen MR) is 137 cm³/mol. The van der Waals surface area contributed by atoms with Crippen molar-refractivity contribution >= 4 is 40.5 Å². The molecule has 1 aromatic carbocycles. The number of carbonyl (C=O) groups is 2. The van der Waals surface area contributed by atoms with E-state index in [2.05, 4.69) is 4.98 Å². The minimum absolute atomic E-state index is 0.0569. The Morgan fingerprint density at radius 1 is 1.21 bits per heavy atom. The molecule has 0 saturated carbocycles. The normalized spacial score (nSPS) is 17.5. The highest BCUT2D eigenvalue weighted by molar-refractivity contribution is 7.81. The molecule has 39 heavy (non-hydrogen) atoms. The van der Waals surface area contributed by atoms with E-state index in [0.717, 1.165) is 12.1 Å². The van der Waals surface area contributed by atoms with E-state index >= 15 is 4.39 Å². The van der Waals surface area contributed by atoms with Crippen LogP contribution in [0.15, 0.2) is 30.5 Å². The second-order valence-corrected chi connectivity index (χ2v) is 9.97. The Morgan fingerprint density at radius 3 is 2.49 bits per heavy atom. The molecule has 0 aliphatic carbocycles. The first-order valence-corrected chi connectivity index (χ1v) is 12.6. The summed E-state index contributed by atoms with van der Waals surface area (Å²) in [6.45, 7) is 5.25. The third-order valence-electron chi connectivity index (χ3n) is 6.69. The van der Waals surface area contributed by atoms with Crippen molar-refractivity contribution < 1.29 is 31.9 Å². The monoisotopic (exact) mass is 563 g/mol. The second-order valence-electron chi connectivity index (χ2n) is 9.60. The number of anilines is 2. The number of aryl methyl sites for hydroxylation is 1. The van der Waals surface area contributed by atoms with Crippen molar-refractivity contribution in [2.45, 2.75) is 44.8 Å². The number of ether oxygens (including phenoxy) is 1. The quantitative estimate of drug-likeness (QED) is 0.384. The molecular formula is C26H25F4N5O3S. The van der Waals surface area contributed by atoms with Gasteiger partial charge in [-0.05, 0) is 63.2 Å². The Morgan fingerprint density at radius 2 is 1.90 bits per heavy atom. The minimum atomic E-state index is -5.16. The van der Waals surface area contributed by atoms with Gasteiger partial charge < -0.3 is 14.5 Å². The van der Waals surface area contributed by atoms with E-state index in [1.807, 2.05) is 0 Å². The number of amides is 2. The molecule has 0 radical (unpaired) electrons. The van der Waals surface area contributed by atoms with Crippen molar-refractivity contribution in [2.75, 3.05) is 36.1 Å². The first kappa shape index (κ1) is 28.4. The average Bonchev–Trinajstić information content (AvgIpc) is 3.07. The molecule has 0 spiro atoms. The number of benzene rings is 1. The van der Waals surface area contributed by atoms with Gasteiger partial charge in [0.2, 0.25) is 5.91 Å². The van der Waals surface area contributed by atoms with Crippen molar-refractivity contribution in [1.82, 2.24) is 9.88 Å². The first-order chi connectivity index (χ1) is 18.4. The smallest absolute Gasteiger partial charge is 0.378 e. The van der Waals surface area contributed by atoms with Crippen LogP contribution in [0.25, 0.3) is 0 Å². The van der Waals surface area contributed by atoms with Gasteiger partial charge in [0.05, 0.1) is 42.4 Å². The summed E-state index contributed by atoms with van der Waals surface area (Å²) >= 11 is 5.44. The molecule has 2 aliphatic heterocycles. The Bertz CT molecular complexity index is 1330. The summed E-state index contributed by atoms with van der Waals surface area (Å²) in [5.41, 5.74) is -3.63. The lowest BCUT2D eigenvalue weighted by molar-refractivity contribution is -0.140. The van der Waals surface area contributed by atoms with E-state index in [1.54, 1.807) is 17.0 Å². The lowest BCUT2D eigenvalue weighted by Crippen LogP contribution is -2.44. The summed E-state index contributed by atoms with van der Waals surface area (Å²) in [7, 11) is 0. The van der Waals surface area contributed by atoms with Crippen LogP contribution in [0.5, 0.6) is 0 Å². The van der Waals surface area contributed by atoms with Crippen LogP contribution >= 0.6 is 12.2 Å². The maximum Gasteiger partial charge on any atom is 0.420 e. The number of nitrogens with zero attached hydrogens (tertiary/aromatic N) is 5. The maximum atomic E-state index is 15.2. The van der Waals surface area contributed by atoms with Gasteiger partial charge >= 0.3 is 6.18 Å². The molecule has 0 N–H and O–H groups in total. The number of carbonyl (C=O) groups excluding carboxylic acids is 2. The molecule has 2 saturated heterocycles. The van der Waals surface area contributed by atoms with Crippen molar-refractivity contribution in [3.8, 4) is 6.07 Å². The molecular weight excluding hydrogens is 538 g/mol. The second kappa shape index (κ2) is 10.9. The van der Waals surface area contributed by atoms with Crippen LogP contribution in [0.1, 0.15) is 43.5 Å². The molecule has 2 amide bonds. The third kappa shape index (κ3) is 5.44. The molecule has 8 nitrogen and oxygen atoms in total. The lowest BCUT2D eigenvalue weighted by atomic mass is 10.0. The molecule has 3 heterocycles. The lowest BCUT2D eigenvalue weighted by Gasteiger charge is -2.29. The van der Waals surface area contributed by atoms with E-state index < -0.39 is 40.3 Å². The van der Waals surface area contributed by atoms with Crippen molar-refractivity contribution in [3.05, 3.63) is 53.1 Å². The molecule has 0 bridgehead atoms. The van der Waals surface area contributed by atoms with Gasteiger partial charge in [-0.15, -0.1) is 0 Å². The number of hydrogen-bond acceptors (Lipinski definition) is 6. The zero-order chi connectivity index (χ0) is 28.5. The Labute approximate surface area is 227 Å². The van der Waals surface area contributed by atoms with E-state index in [-0.39, 0.29) is 11.0 Å². The highest BCUT2D eigenvalue weighted by Gasteiger charge is 2.52. The molecule has 4 rings (SSSR count). The highest BCUT2D eigenvalue weighted by atomic mass is 32.1. The number of morpholine rings is 1. The van der Waals surface area contributed by atoms with E-state index in [4.69, 9.17) is 22.2 Å². The minimum Gasteiger partial charge on any atom is -0.378 e. The number of alkyl halides is 3. The van der Waals surface area contributed by atoms with Crippen molar-refractivity contribution in [2.24, 2.45) is 0 Å².